The summed E-state index contributed by atoms with van der Waals surface area (Å²) in [6.45, 7) is 4.84. The van der Waals surface area contributed by atoms with Gasteiger partial charge in [-0.25, -0.2) is 4.98 Å². The first-order chi connectivity index (χ1) is 15.2. The van der Waals surface area contributed by atoms with Crippen LogP contribution in [0, 0.1) is 0 Å². The van der Waals surface area contributed by atoms with Crippen molar-refractivity contribution < 1.29 is 4.79 Å². The van der Waals surface area contributed by atoms with Gasteiger partial charge in [0.2, 0.25) is 5.91 Å². The van der Waals surface area contributed by atoms with E-state index in [1.54, 1.807) is 22.0 Å². The molecule has 0 atom stereocenters. The molecule has 0 spiro atoms. The SMILES string of the molecule is C=CCn1c(SCC(=O)N2CCc3ccccc32)nc2scc(-c3cccs3)c2c1=O. The third kappa shape index (κ3) is 3.64. The topological polar surface area (TPSA) is 55.2 Å². The van der Waals surface area contributed by atoms with E-state index in [4.69, 9.17) is 4.98 Å². The van der Waals surface area contributed by atoms with Crippen molar-refractivity contribution in [3.05, 3.63) is 75.7 Å². The summed E-state index contributed by atoms with van der Waals surface area (Å²) in [5, 5.41) is 5.18. The van der Waals surface area contributed by atoms with Gasteiger partial charge >= 0.3 is 0 Å². The van der Waals surface area contributed by atoms with E-state index in [-0.39, 0.29) is 17.2 Å². The molecule has 1 aliphatic rings. The van der Waals surface area contributed by atoms with E-state index < -0.39 is 0 Å². The molecular formula is C23H19N3O2S3. The third-order valence-corrected chi connectivity index (χ3v) is 8.01. The van der Waals surface area contributed by atoms with Crippen molar-refractivity contribution in [3.63, 3.8) is 0 Å². The molecule has 5 rings (SSSR count). The number of benzene rings is 1. The molecule has 0 unspecified atom stereocenters. The van der Waals surface area contributed by atoms with Gasteiger partial charge in [-0.15, -0.1) is 29.3 Å². The summed E-state index contributed by atoms with van der Waals surface area (Å²) in [5.41, 5.74) is 3.02. The number of anilines is 1. The Labute approximate surface area is 191 Å². The van der Waals surface area contributed by atoms with E-state index in [0.717, 1.165) is 22.5 Å². The predicted octanol–water partition coefficient (Wildman–Crippen LogP) is 5.05. The van der Waals surface area contributed by atoms with Crippen LogP contribution in [0.2, 0.25) is 0 Å². The summed E-state index contributed by atoms with van der Waals surface area (Å²) in [7, 11) is 0. The normalized spacial score (nSPS) is 13.0. The van der Waals surface area contributed by atoms with Crippen LogP contribution in [-0.4, -0.2) is 27.8 Å². The van der Waals surface area contributed by atoms with Crippen molar-refractivity contribution >= 4 is 56.2 Å². The molecule has 1 aromatic carbocycles. The Morgan fingerprint density at radius 1 is 1.23 bits per heavy atom. The number of thioether (sulfide) groups is 1. The van der Waals surface area contributed by atoms with Crippen LogP contribution in [0.1, 0.15) is 5.56 Å². The van der Waals surface area contributed by atoms with Gasteiger partial charge in [-0.05, 0) is 29.5 Å². The summed E-state index contributed by atoms with van der Waals surface area (Å²) in [4.78, 5) is 34.6. The number of carbonyl (C=O) groups is 1. The fourth-order valence-corrected chi connectivity index (χ4v) is 6.51. The highest BCUT2D eigenvalue weighted by Crippen LogP contribution is 2.35. The summed E-state index contributed by atoms with van der Waals surface area (Å²) in [6, 6.07) is 12.0. The highest BCUT2D eigenvalue weighted by Gasteiger charge is 2.25. The van der Waals surface area contributed by atoms with Gasteiger partial charge in [-0.1, -0.05) is 42.1 Å². The van der Waals surface area contributed by atoms with E-state index in [1.807, 2.05) is 46.0 Å². The first-order valence-electron chi connectivity index (χ1n) is 9.85. The minimum Gasteiger partial charge on any atom is -0.311 e. The van der Waals surface area contributed by atoms with E-state index in [9.17, 15) is 9.59 Å². The number of hydrogen-bond acceptors (Lipinski definition) is 6. The smallest absolute Gasteiger partial charge is 0.263 e. The van der Waals surface area contributed by atoms with Crippen molar-refractivity contribution in [1.82, 2.24) is 9.55 Å². The van der Waals surface area contributed by atoms with Gasteiger partial charge in [0.25, 0.3) is 5.56 Å². The Hall–Kier alpha value is -2.68. The monoisotopic (exact) mass is 465 g/mol. The van der Waals surface area contributed by atoms with Crippen LogP contribution in [0.5, 0.6) is 0 Å². The lowest BCUT2D eigenvalue weighted by Crippen LogP contribution is -2.31. The molecule has 8 heteroatoms. The standard InChI is InChI=1S/C23H19N3O2S3/c1-2-10-26-22(28)20-16(18-8-5-12-29-18)13-30-21(20)24-23(26)31-14-19(27)25-11-9-15-6-3-4-7-17(15)25/h2-8,12-13H,1,9-11,14H2. The van der Waals surface area contributed by atoms with Crippen molar-refractivity contribution in [2.24, 2.45) is 0 Å². The van der Waals surface area contributed by atoms with Crippen LogP contribution in [0.15, 0.2) is 69.8 Å². The Balaban J connectivity index is 1.46. The second-order valence-corrected chi connectivity index (χ2v) is 9.87. The predicted molar refractivity (Wildman–Crippen MR) is 131 cm³/mol. The first kappa shape index (κ1) is 20.2. The largest absolute Gasteiger partial charge is 0.311 e. The second kappa shape index (κ2) is 8.45. The lowest BCUT2D eigenvalue weighted by Gasteiger charge is -2.17. The Morgan fingerprint density at radius 2 is 2.10 bits per heavy atom. The lowest BCUT2D eigenvalue weighted by atomic mass is 10.2. The van der Waals surface area contributed by atoms with Gasteiger partial charge < -0.3 is 4.90 Å². The molecule has 4 aromatic rings. The molecule has 31 heavy (non-hydrogen) atoms. The Morgan fingerprint density at radius 3 is 2.90 bits per heavy atom. The molecule has 1 aliphatic heterocycles. The van der Waals surface area contributed by atoms with Gasteiger partial charge in [0.05, 0.1) is 11.1 Å². The molecule has 3 aromatic heterocycles. The molecule has 1 amide bonds. The first-order valence-corrected chi connectivity index (χ1v) is 12.6. The van der Waals surface area contributed by atoms with E-state index in [2.05, 4.69) is 12.6 Å². The highest BCUT2D eigenvalue weighted by atomic mass is 32.2. The van der Waals surface area contributed by atoms with E-state index in [1.165, 1.54) is 28.7 Å². The zero-order chi connectivity index (χ0) is 21.4. The maximum atomic E-state index is 13.4. The Kier molecular flexibility index (Phi) is 5.52. The highest BCUT2D eigenvalue weighted by molar-refractivity contribution is 7.99. The summed E-state index contributed by atoms with van der Waals surface area (Å²) in [5.74, 6) is 0.256. The van der Waals surface area contributed by atoms with Gasteiger partial charge in [0, 0.05) is 34.6 Å². The van der Waals surface area contributed by atoms with Crippen molar-refractivity contribution in [2.45, 2.75) is 18.1 Å². The lowest BCUT2D eigenvalue weighted by molar-refractivity contribution is -0.116. The maximum Gasteiger partial charge on any atom is 0.263 e. The summed E-state index contributed by atoms with van der Waals surface area (Å²) < 4.78 is 1.62. The minimum atomic E-state index is -0.0870. The fourth-order valence-electron chi connectivity index (χ4n) is 3.82. The quantitative estimate of drug-likeness (QED) is 0.227. The zero-order valence-corrected chi connectivity index (χ0v) is 19.1. The number of hydrogen-bond donors (Lipinski definition) is 0. The number of allylic oxidation sites excluding steroid dienone is 1. The number of aromatic nitrogens is 2. The molecule has 0 bridgehead atoms. The number of rotatable bonds is 6. The number of para-hydroxylation sites is 1. The summed E-state index contributed by atoms with van der Waals surface area (Å²) in [6.07, 6.45) is 2.56. The minimum absolute atomic E-state index is 0.0277. The number of thiophene rings is 2. The van der Waals surface area contributed by atoms with E-state index >= 15 is 0 Å². The van der Waals surface area contributed by atoms with Crippen molar-refractivity contribution in [1.29, 1.82) is 0 Å². The molecule has 0 N–H and O–H groups in total. The number of fused-ring (bicyclic) bond motifs is 2. The van der Waals surface area contributed by atoms with Crippen LogP contribution in [0.25, 0.3) is 20.7 Å². The van der Waals surface area contributed by atoms with Crippen LogP contribution in [0.3, 0.4) is 0 Å². The van der Waals surface area contributed by atoms with E-state index in [0.29, 0.717) is 28.5 Å². The van der Waals surface area contributed by atoms with Gasteiger partial charge in [0.1, 0.15) is 4.83 Å². The van der Waals surface area contributed by atoms with Gasteiger partial charge in [-0.3, -0.25) is 14.2 Å². The van der Waals surface area contributed by atoms with Crippen molar-refractivity contribution in [3.8, 4) is 10.4 Å². The number of nitrogens with zero attached hydrogens (tertiary/aromatic N) is 3. The molecule has 0 saturated heterocycles. The zero-order valence-electron chi connectivity index (χ0n) is 16.6. The van der Waals surface area contributed by atoms with Gasteiger partial charge in [-0.2, -0.15) is 0 Å². The van der Waals surface area contributed by atoms with Crippen LogP contribution in [-0.2, 0) is 17.8 Å². The molecule has 5 nitrogen and oxygen atoms in total. The molecule has 156 valence electrons. The van der Waals surface area contributed by atoms with Gasteiger partial charge in [0.15, 0.2) is 5.16 Å². The third-order valence-electron chi connectivity index (χ3n) is 5.27. The average Bonchev–Trinajstić information content (AvgIpc) is 3.53. The molecule has 4 heterocycles. The molecule has 0 aliphatic carbocycles. The number of carbonyl (C=O) groups excluding carboxylic acids is 1. The fraction of sp³-hybridized carbons (Fsp3) is 0.174. The molecule has 0 fully saturated rings. The average molecular weight is 466 g/mol. The van der Waals surface area contributed by atoms with Crippen molar-refractivity contribution in [2.75, 3.05) is 17.2 Å². The van der Waals surface area contributed by atoms with Crippen LogP contribution >= 0.6 is 34.4 Å². The number of amides is 1. The Bertz CT molecular complexity index is 1340. The van der Waals surface area contributed by atoms with Crippen LogP contribution in [0.4, 0.5) is 5.69 Å². The van der Waals surface area contributed by atoms with Crippen LogP contribution < -0.4 is 10.5 Å². The molecule has 0 radical (unpaired) electrons. The summed E-state index contributed by atoms with van der Waals surface area (Å²) >= 11 is 4.39. The molecular weight excluding hydrogens is 446 g/mol. The second-order valence-electron chi connectivity index (χ2n) is 7.12. The molecule has 0 saturated carbocycles. The maximum absolute atomic E-state index is 13.4.